The van der Waals surface area contributed by atoms with Gasteiger partial charge in [0, 0.05) is 27.2 Å². The second-order valence-electron chi connectivity index (χ2n) is 6.40. The highest BCUT2D eigenvalue weighted by molar-refractivity contribution is 9.10. The van der Waals surface area contributed by atoms with Gasteiger partial charge in [0.2, 0.25) is 0 Å². The fourth-order valence-electron chi connectivity index (χ4n) is 2.95. The van der Waals surface area contributed by atoms with E-state index in [0.29, 0.717) is 5.92 Å². The molecule has 0 radical (unpaired) electrons. The van der Waals surface area contributed by atoms with Gasteiger partial charge in [-0.05, 0) is 40.4 Å². The van der Waals surface area contributed by atoms with E-state index in [0.717, 1.165) is 34.8 Å². The molecule has 2 unspecified atom stereocenters. The standard InChI is InChI=1S/C14H18BrNOS/c1-14(2,3)13(17)12-10(15)8-4-7-5-16-6-9(7)11(8)18-12/h7,9,16H,4-6H2,1-3H3. The second-order valence-corrected chi connectivity index (χ2v) is 8.24. The first-order valence-corrected chi connectivity index (χ1v) is 8.07. The fraction of sp³-hybridized carbons (Fsp3) is 0.643. The summed E-state index contributed by atoms with van der Waals surface area (Å²) in [4.78, 5) is 14.8. The Bertz CT molecular complexity index is 515. The fourth-order valence-corrected chi connectivity index (χ4v) is 5.45. The third kappa shape index (κ3) is 1.81. The van der Waals surface area contributed by atoms with E-state index in [9.17, 15) is 4.79 Å². The van der Waals surface area contributed by atoms with Gasteiger partial charge < -0.3 is 5.32 Å². The largest absolute Gasteiger partial charge is 0.316 e. The van der Waals surface area contributed by atoms with E-state index in [1.807, 2.05) is 20.8 Å². The molecular weight excluding hydrogens is 310 g/mol. The molecule has 18 heavy (non-hydrogen) atoms. The SMILES string of the molecule is CC(C)(C)C(=O)c1sc2c(c1Br)CC1CNCC21. The Labute approximate surface area is 120 Å². The Hall–Kier alpha value is -0.190. The van der Waals surface area contributed by atoms with Gasteiger partial charge in [0.25, 0.3) is 0 Å². The Kier molecular flexibility index (Phi) is 2.96. The van der Waals surface area contributed by atoms with E-state index in [2.05, 4.69) is 21.2 Å². The van der Waals surface area contributed by atoms with Crippen LogP contribution in [0.5, 0.6) is 0 Å². The lowest BCUT2D eigenvalue weighted by molar-refractivity contribution is 0.0862. The number of hydrogen-bond donors (Lipinski definition) is 1. The van der Waals surface area contributed by atoms with Crippen LogP contribution in [-0.4, -0.2) is 18.9 Å². The molecule has 2 heterocycles. The Balaban J connectivity index is 2.01. The van der Waals surface area contributed by atoms with Crippen molar-refractivity contribution in [2.24, 2.45) is 11.3 Å². The molecule has 2 atom stereocenters. The molecule has 1 saturated heterocycles. The van der Waals surface area contributed by atoms with Gasteiger partial charge in [-0.25, -0.2) is 0 Å². The molecule has 2 nitrogen and oxygen atoms in total. The molecule has 2 aliphatic rings. The molecule has 1 aliphatic carbocycles. The monoisotopic (exact) mass is 327 g/mol. The summed E-state index contributed by atoms with van der Waals surface area (Å²) in [5.74, 6) is 1.65. The number of ketones is 1. The van der Waals surface area contributed by atoms with Crippen molar-refractivity contribution in [3.63, 3.8) is 0 Å². The van der Waals surface area contributed by atoms with Crippen LogP contribution in [0.3, 0.4) is 0 Å². The van der Waals surface area contributed by atoms with Crippen LogP contribution >= 0.6 is 27.3 Å². The first-order valence-electron chi connectivity index (χ1n) is 6.46. The second kappa shape index (κ2) is 4.15. The summed E-state index contributed by atoms with van der Waals surface area (Å²) in [5.41, 5.74) is 1.11. The van der Waals surface area contributed by atoms with Gasteiger partial charge in [0.15, 0.2) is 5.78 Å². The summed E-state index contributed by atoms with van der Waals surface area (Å²) in [6.07, 6.45) is 1.13. The normalized spacial score (nSPS) is 26.2. The molecule has 1 fully saturated rings. The molecule has 4 heteroatoms. The van der Waals surface area contributed by atoms with Gasteiger partial charge in [-0.2, -0.15) is 0 Å². The van der Waals surface area contributed by atoms with Crippen LogP contribution in [0.25, 0.3) is 0 Å². The third-order valence-electron chi connectivity index (χ3n) is 4.00. The average Bonchev–Trinajstić information content (AvgIpc) is 2.89. The summed E-state index contributed by atoms with van der Waals surface area (Å²) < 4.78 is 1.08. The van der Waals surface area contributed by atoms with Crippen molar-refractivity contribution < 1.29 is 4.79 Å². The van der Waals surface area contributed by atoms with Gasteiger partial charge in [0.1, 0.15) is 0 Å². The maximum atomic E-state index is 12.4. The van der Waals surface area contributed by atoms with Gasteiger partial charge >= 0.3 is 0 Å². The maximum absolute atomic E-state index is 12.4. The van der Waals surface area contributed by atoms with Crippen molar-refractivity contribution in [1.29, 1.82) is 0 Å². The zero-order chi connectivity index (χ0) is 13.1. The smallest absolute Gasteiger partial charge is 0.179 e. The molecule has 0 aromatic carbocycles. The van der Waals surface area contributed by atoms with E-state index in [1.165, 1.54) is 10.4 Å². The summed E-state index contributed by atoms with van der Waals surface area (Å²) in [7, 11) is 0. The zero-order valence-corrected chi connectivity index (χ0v) is 13.4. The number of thiophene rings is 1. The van der Waals surface area contributed by atoms with Crippen LogP contribution in [0, 0.1) is 11.3 Å². The van der Waals surface area contributed by atoms with Crippen LogP contribution < -0.4 is 5.32 Å². The molecule has 3 rings (SSSR count). The molecule has 0 amide bonds. The van der Waals surface area contributed by atoms with Gasteiger partial charge in [0.05, 0.1) is 4.88 Å². The molecular formula is C14H18BrNOS. The predicted molar refractivity (Wildman–Crippen MR) is 78.6 cm³/mol. The summed E-state index contributed by atoms with van der Waals surface area (Å²) in [5, 5.41) is 3.46. The van der Waals surface area contributed by atoms with E-state index in [-0.39, 0.29) is 11.2 Å². The minimum absolute atomic E-state index is 0.260. The van der Waals surface area contributed by atoms with Crippen LogP contribution in [0.1, 0.15) is 46.8 Å². The highest BCUT2D eigenvalue weighted by Crippen LogP contribution is 2.49. The van der Waals surface area contributed by atoms with Crippen LogP contribution in [0.2, 0.25) is 0 Å². The first-order chi connectivity index (χ1) is 8.39. The predicted octanol–water partition coefficient (Wildman–Crippen LogP) is 3.60. The first kappa shape index (κ1) is 12.8. The average molecular weight is 328 g/mol. The van der Waals surface area contributed by atoms with E-state index in [1.54, 1.807) is 11.3 Å². The third-order valence-corrected chi connectivity index (χ3v) is 6.50. The van der Waals surface area contributed by atoms with E-state index >= 15 is 0 Å². The van der Waals surface area contributed by atoms with Crippen molar-refractivity contribution >= 4 is 33.0 Å². The zero-order valence-electron chi connectivity index (χ0n) is 11.0. The van der Waals surface area contributed by atoms with Crippen molar-refractivity contribution in [2.45, 2.75) is 33.1 Å². The van der Waals surface area contributed by atoms with Gasteiger partial charge in [-0.15, -0.1) is 11.3 Å². The summed E-state index contributed by atoms with van der Waals surface area (Å²) >= 11 is 5.40. The Morgan fingerprint density at radius 2 is 2.11 bits per heavy atom. The molecule has 0 saturated carbocycles. The topological polar surface area (TPSA) is 29.1 Å². The number of halogens is 1. The molecule has 98 valence electrons. The molecule has 1 aromatic heterocycles. The molecule has 1 N–H and O–H groups in total. The number of carbonyl (C=O) groups is 1. The lowest BCUT2D eigenvalue weighted by Crippen LogP contribution is -2.19. The van der Waals surface area contributed by atoms with Crippen LogP contribution in [0.15, 0.2) is 4.47 Å². The van der Waals surface area contributed by atoms with E-state index in [4.69, 9.17) is 0 Å². The minimum atomic E-state index is -0.297. The van der Waals surface area contributed by atoms with Crippen LogP contribution in [-0.2, 0) is 6.42 Å². The van der Waals surface area contributed by atoms with Gasteiger partial charge in [-0.1, -0.05) is 20.8 Å². The Morgan fingerprint density at radius 1 is 1.39 bits per heavy atom. The minimum Gasteiger partial charge on any atom is -0.316 e. The Morgan fingerprint density at radius 3 is 2.78 bits per heavy atom. The lowest BCUT2D eigenvalue weighted by atomic mass is 9.90. The quantitative estimate of drug-likeness (QED) is 0.798. The molecule has 0 spiro atoms. The highest BCUT2D eigenvalue weighted by Gasteiger charge is 2.41. The van der Waals surface area contributed by atoms with Crippen molar-refractivity contribution in [3.8, 4) is 0 Å². The highest BCUT2D eigenvalue weighted by atomic mass is 79.9. The molecule has 0 bridgehead atoms. The number of fused-ring (bicyclic) bond motifs is 3. The molecule has 1 aromatic rings. The lowest BCUT2D eigenvalue weighted by Gasteiger charge is -2.16. The number of rotatable bonds is 1. The van der Waals surface area contributed by atoms with E-state index < -0.39 is 0 Å². The van der Waals surface area contributed by atoms with Gasteiger partial charge in [-0.3, -0.25) is 4.79 Å². The van der Waals surface area contributed by atoms with Crippen molar-refractivity contribution in [3.05, 3.63) is 19.8 Å². The number of Topliss-reactive ketones (excluding diaryl/α,β-unsaturated/α-hetero) is 1. The van der Waals surface area contributed by atoms with Crippen LogP contribution in [0.4, 0.5) is 0 Å². The maximum Gasteiger partial charge on any atom is 0.179 e. The summed E-state index contributed by atoms with van der Waals surface area (Å²) in [6.45, 7) is 8.18. The molecule has 1 aliphatic heterocycles. The number of nitrogens with one attached hydrogen (secondary N) is 1. The van der Waals surface area contributed by atoms with Crippen molar-refractivity contribution in [1.82, 2.24) is 5.32 Å². The van der Waals surface area contributed by atoms with Crippen molar-refractivity contribution in [2.75, 3.05) is 13.1 Å². The summed E-state index contributed by atoms with van der Waals surface area (Å²) in [6, 6.07) is 0. The number of hydrogen-bond acceptors (Lipinski definition) is 3. The number of carbonyl (C=O) groups excluding carboxylic acids is 1.